The molecule has 0 aromatic heterocycles. The molecule has 2 heteroatoms. The van der Waals surface area contributed by atoms with E-state index in [2.05, 4.69) is 24.1 Å². The first kappa shape index (κ1) is 15.3. The maximum atomic E-state index is 3.65. The van der Waals surface area contributed by atoms with Crippen LogP contribution in [0.3, 0.4) is 0 Å². The molecule has 0 spiro atoms. The van der Waals surface area contributed by atoms with Crippen molar-refractivity contribution in [2.24, 2.45) is 5.41 Å². The third-order valence-electron chi connectivity index (χ3n) is 5.39. The Balaban J connectivity index is 1.97. The number of hydrogen-bond donors (Lipinski definition) is 1. The second-order valence-electron chi connectivity index (χ2n) is 7.01. The fourth-order valence-electron chi connectivity index (χ4n) is 4.08. The molecule has 1 saturated carbocycles. The van der Waals surface area contributed by atoms with Crippen LogP contribution in [-0.4, -0.2) is 37.1 Å². The number of nitrogens with one attached hydrogen (secondary N) is 1. The zero-order chi connectivity index (χ0) is 13.6. The minimum atomic E-state index is 0.576. The summed E-state index contributed by atoms with van der Waals surface area (Å²) in [6, 6.07) is 0.808. The smallest absolute Gasteiger partial charge is 0.00671 e. The standard InChI is InChI=1S/C17H34N2/c1-3-18-14-17(11-7-5-8-12-17)15-19-13-9-4-6-10-16(19)2/h16,18H,3-15H2,1-2H3. The van der Waals surface area contributed by atoms with Gasteiger partial charge in [-0.1, -0.05) is 39.0 Å². The third-order valence-corrected chi connectivity index (χ3v) is 5.39. The van der Waals surface area contributed by atoms with Gasteiger partial charge in [-0.25, -0.2) is 0 Å². The van der Waals surface area contributed by atoms with Crippen molar-refractivity contribution in [2.75, 3.05) is 26.2 Å². The fraction of sp³-hybridized carbons (Fsp3) is 1.00. The molecule has 0 bridgehead atoms. The number of hydrogen-bond acceptors (Lipinski definition) is 2. The minimum Gasteiger partial charge on any atom is -0.316 e. The Morgan fingerprint density at radius 1 is 1.05 bits per heavy atom. The molecule has 112 valence electrons. The van der Waals surface area contributed by atoms with Gasteiger partial charge in [0.15, 0.2) is 0 Å². The molecule has 0 amide bonds. The molecular formula is C17H34N2. The van der Waals surface area contributed by atoms with Crippen molar-refractivity contribution in [3.05, 3.63) is 0 Å². The lowest BCUT2D eigenvalue weighted by molar-refractivity contribution is 0.0811. The van der Waals surface area contributed by atoms with Gasteiger partial charge in [-0.15, -0.1) is 0 Å². The van der Waals surface area contributed by atoms with Gasteiger partial charge in [0.25, 0.3) is 0 Å². The van der Waals surface area contributed by atoms with E-state index >= 15 is 0 Å². The van der Waals surface area contributed by atoms with Crippen LogP contribution in [0.25, 0.3) is 0 Å². The highest BCUT2D eigenvalue weighted by atomic mass is 15.2. The molecule has 1 aliphatic heterocycles. The highest BCUT2D eigenvalue weighted by molar-refractivity contribution is 4.89. The van der Waals surface area contributed by atoms with Crippen LogP contribution in [0.2, 0.25) is 0 Å². The number of rotatable bonds is 5. The van der Waals surface area contributed by atoms with Gasteiger partial charge in [-0.05, 0) is 51.1 Å². The molecule has 1 N–H and O–H groups in total. The van der Waals surface area contributed by atoms with Crippen LogP contribution in [0.15, 0.2) is 0 Å². The van der Waals surface area contributed by atoms with Gasteiger partial charge in [-0.2, -0.15) is 0 Å². The average molecular weight is 266 g/mol. The summed E-state index contributed by atoms with van der Waals surface area (Å²) < 4.78 is 0. The molecule has 2 aliphatic rings. The zero-order valence-corrected chi connectivity index (χ0v) is 13.2. The summed E-state index contributed by atoms with van der Waals surface area (Å²) in [5, 5.41) is 3.65. The molecule has 2 rings (SSSR count). The Hall–Kier alpha value is -0.0800. The quantitative estimate of drug-likeness (QED) is 0.814. The van der Waals surface area contributed by atoms with E-state index in [1.165, 1.54) is 77.4 Å². The summed E-state index contributed by atoms with van der Waals surface area (Å²) in [7, 11) is 0. The molecule has 1 atom stereocenters. The maximum absolute atomic E-state index is 3.65. The Labute approximate surface area is 120 Å². The first-order valence-corrected chi connectivity index (χ1v) is 8.70. The highest BCUT2D eigenvalue weighted by Gasteiger charge is 2.34. The van der Waals surface area contributed by atoms with Crippen molar-refractivity contribution in [1.29, 1.82) is 0 Å². The predicted octanol–water partition coefficient (Wildman–Crippen LogP) is 3.81. The molecule has 1 saturated heterocycles. The summed E-state index contributed by atoms with van der Waals surface area (Å²) >= 11 is 0. The lowest BCUT2D eigenvalue weighted by atomic mass is 9.73. The van der Waals surface area contributed by atoms with Crippen molar-refractivity contribution in [3.63, 3.8) is 0 Å². The molecule has 19 heavy (non-hydrogen) atoms. The van der Waals surface area contributed by atoms with Gasteiger partial charge in [0.1, 0.15) is 0 Å². The molecule has 2 nitrogen and oxygen atoms in total. The Morgan fingerprint density at radius 2 is 1.79 bits per heavy atom. The Bertz CT molecular complexity index is 246. The van der Waals surface area contributed by atoms with Crippen molar-refractivity contribution in [3.8, 4) is 0 Å². The van der Waals surface area contributed by atoms with Crippen molar-refractivity contribution in [2.45, 2.75) is 77.7 Å². The van der Waals surface area contributed by atoms with E-state index in [4.69, 9.17) is 0 Å². The van der Waals surface area contributed by atoms with Crippen LogP contribution in [0.1, 0.15) is 71.6 Å². The average Bonchev–Trinajstić information content (AvgIpc) is 2.63. The van der Waals surface area contributed by atoms with Crippen LogP contribution in [0.5, 0.6) is 0 Å². The summed E-state index contributed by atoms with van der Waals surface area (Å²) in [4.78, 5) is 2.82. The van der Waals surface area contributed by atoms with E-state index in [0.29, 0.717) is 5.41 Å². The maximum Gasteiger partial charge on any atom is 0.00671 e. The van der Waals surface area contributed by atoms with Crippen molar-refractivity contribution in [1.82, 2.24) is 10.2 Å². The van der Waals surface area contributed by atoms with Crippen molar-refractivity contribution < 1.29 is 0 Å². The second-order valence-corrected chi connectivity index (χ2v) is 7.01. The van der Waals surface area contributed by atoms with Crippen LogP contribution < -0.4 is 5.32 Å². The molecule has 1 aliphatic carbocycles. The Kier molecular flexibility index (Phi) is 6.15. The SMILES string of the molecule is CCNCC1(CN2CCCCCC2C)CCCCC1. The van der Waals surface area contributed by atoms with Crippen LogP contribution in [-0.2, 0) is 0 Å². The first-order valence-electron chi connectivity index (χ1n) is 8.70. The molecule has 1 heterocycles. The van der Waals surface area contributed by atoms with E-state index in [1.807, 2.05) is 0 Å². The molecule has 2 fully saturated rings. The van der Waals surface area contributed by atoms with Crippen LogP contribution >= 0.6 is 0 Å². The number of nitrogens with zero attached hydrogens (tertiary/aromatic N) is 1. The van der Waals surface area contributed by atoms with Gasteiger partial charge < -0.3 is 10.2 Å². The minimum absolute atomic E-state index is 0.576. The van der Waals surface area contributed by atoms with E-state index in [1.54, 1.807) is 0 Å². The molecular weight excluding hydrogens is 232 g/mol. The lowest BCUT2D eigenvalue weighted by Crippen LogP contribution is -2.48. The van der Waals surface area contributed by atoms with Crippen LogP contribution in [0.4, 0.5) is 0 Å². The van der Waals surface area contributed by atoms with Gasteiger partial charge in [-0.3, -0.25) is 0 Å². The van der Waals surface area contributed by atoms with E-state index in [0.717, 1.165) is 12.6 Å². The monoisotopic (exact) mass is 266 g/mol. The van der Waals surface area contributed by atoms with Gasteiger partial charge in [0.05, 0.1) is 0 Å². The van der Waals surface area contributed by atoms with E-state index in [9.17, 15) is 0 Å². The molecule has 0 radical (unpaired) electrons. The van der Waals surface area contributed by atoms with Crippen LogP contribution in [0, 0.1) is 5.41 Å². The van der Waals surface area contributed by atoms with Gasteiger partial charge in [0.2, 0.25) is 0 Å². The molecule has 0 aromatic rings. The molecule has 0 aromatic carbocycles. The van der Waals surface area contributed by atoms with E-state index in [-0.39, 0.29) is 0 Å². The normalized spacial score (nSPS) is 29.1. The Morgan fingerprint density at radius 3 is 2.53 bits per heavy atom. The largest absolute Gasteiger partial charge is 0.316 e. The fourth-order valence-corrected chi connectivity index (χ4v) is 4.08. The number of likely N-dealkylation sites (tertiary alicyclic amines) is 1. The predicted molar refractivity (Wildman–Crippen MR) is 83.6 cm³/mol. The third kappa shape index (κ3) is 4.46. The first-order chi connectivity index (χ1) is 9.26. The summed E-state index contributed by atoms with van der Waals surface area (Å²) in [6.07, 6.45) is 13.0. The summed E-state index contributed by atoms with van der Waals surface area (Å²) in [6.45, 7) is 9.75. The molecule has 1 unspecified atom stereocenters. The zero-order valence-electron chi connectivity index (χ0n) is 13.2. The summed E-state index contributed by atoms with van der Waals surface area (Å²) in [5.74, 6) is 0. The second kappa shape index (κ2) is 7.64. The van der Waals surface area contributed by atoms with Crippen molar-refractivity contribution >= 4 is 0 Å². The van der Waals surface area contributed by atoms with E-state index < -0.39 is 0 Å². The van der Waals surface area contributed by atoms with Gasteiger partial charge in [0, 0.05) is 19.1 Å². The summed E-state index contributed by atoms with van der Waals surface area (Å²) in [5.41, 5.74) is 0.576. The van der Waals surface area contributed by atoms with Gasteiger partial charge >= 0.3 is 0 Å². The lowest BCUT2D eigenvalue weighted by Gasteiger charge is -2.43. The topological polar surface area (TPSA) is 15.3 Å². The highest BCUT2D eigenvalue weighted by Crippen LogP contribution is 2.37.